The fourth-order valence-corrected chi connectivity index (χ4v) is 3.33. The molecule has 0 bridgehead atoms. The zero-order valence-corrected chi connectivity index (χ0v) is 15.2. The van der Waals surface area contributed by atoms with Crippen LogP contribution in [0.25, 0.3) is 0 Å². The molecule has 3 nitrogen and oxygen atoms in total. The highest BCUT2D eigenvalue weighted by molar-refractivity contribution is 7.12. The van der Waals surface area contributed by atoms with Crippen LogP contribution >= 0.6 is 34.5 Å². The van der Waals surface area contributed by atoms with E-state index in [1.807, 2.05) is 5.38 Å². The molecule has 2 aromatic carbocycles. The van der Waals surface area contributed by atoms with Gasteiger partial charge in [-0.2, -0.15) is 0 Å². The molecule has 0 spiro atoms. The number of carbonyl (C=O) groups is 2. The summed E-state index contributed by atoms with van der Waals surface area (Å²) in [4.78, 5) is 25.6. The molecule has 0 aliphatic heterocycles. The molecule has 126 valence electrons. The molecule has 0 unspecified atom stereocenters. The Morgan fingerprint density at radius 1 is 0.920 bits per heavy atom. The number of ether oxygens (including phenoxy) is 1. The molecular formula is C19H12Cl2O3S. The van der Waals surface area contributed by atoms with Crippen LogP contribution in [0.1, 0.15) is 31.2 Å². The van der Waals surface area contributed by atoms with Crippen molar-refractivity contribution in [1.29, 1.82) is 0 Å². The minimum absolute atomic E-state index is 0.0280. The molecule has 0 radical (unpaired) electrons. The van der Waals surface area contributed by atoms with E-state index < -0.39 is 5.97 Å². The second kappa shape index (κ2) is 7.83. The van der Waals surface area contributed by atoms with Gasteiger partial charge in [-0.25, -0.2) is 4.79 Å². The van der Waals surface area contributed by atoms with Gasteiger partial charge in [0.1, 0.15) is 6.61 Å². The Balaban J connectivity index is 1.81. The van der Waals surface area contributed by atoms with Crippen LogP contribution < -0.4 is 0 Å². The molecule has 1 aromatic heterocycles. The Bertz CT molecular complexity index is 920. The van der Waals surface area contributed by atoms with Crippen LogP contribution in [0.15, 0.2) is 60.0 Å². The smallest absolute Gasteiger partial charge is 0.339 e. The zero-order chi connectivity index (χ0) is 17.8. The van der Waals surface area contributed by atoms with E-state index in [2.05, 4.69) is 0 Å². The van der Waals surface area contributed by atoms with Crippen molar-refractivity contribution in [3.63, 3.8) is 0 Å². The first-order valence-electron chi connectivity index (χ1n) is 7.35. The lowest BCUT2D eigenvalue weighted by atomic mass is 10.0. The van der Waals surface area contributed by atoms with E-state index in [0.717, 1.165) is 0 Å². The second-order valence-corrected chi connectivity index (χ2v) is 6.87. The molecule has 1 heterocycles. The lowest BCUT2D eigenvalue weighted by Crippen LogP contribution is -2.12. The van der Waals surface area contributed by atoms with E-state index in [4.69, 9.17) is 27.9 Å². The average molecular weight is 391 g/mol. The van der Waals surface area contributed by atoms with Crippen molar-refractivity contribution in [2.75, 3.05) is 0 Å². The Morgan fingerprint density at radius 3 is 2.40 bits per heavy atom. The van der Waals surface area contributed by atoms with Crippen molar-refractivity contribution in [2.45, 2.75) is 6.61 Å². The van der Waals surface area contributed by atoms with Crippen LogP contribution in [0.4, 0.5) is 0 Å². The summed E-state index contributed by atoms with van der Waals surface area (Å²) >= 11 is 13.4. The van der Waals surface area contributed by atoms with Gasteiger partial charge in [0.15, 0.2) is 0 Å². The van der Waals surface area contributed by atoms with E-state index in [-0.39, 0.29) is 18.0 Å². The van der Waals surface area contributed by atoms with Crippen molar-refractivity contribution >= 4 is 46.3 Å². The monoisotopic (exact) mass is 390 g/mol. The summed E-state index contributed by atoms with van der Waals surface area (Å²) in [6.07, 6.45) is 0. The Kier molecular flexibility index (Phi) is 5.53. The van der Waals surface area contributed by atoms with E-state index in [9.17, 15) is 9.59 Å². The van der Waals surface area contributed by atoms with Crippen LogP contribution in [0.3, 0.4) is 0 Å². The lowest BCUT2D eigenvalue weighted by molar-refractivity contribution is 0.0470. The van der Waals surface area contributed by atoms with Crippen molar-refractivity contribution in [3.05, 3.63) is 91.6 Å². The number of hydrogen-bond acceptors (Lipinski definition) is 4. The van der Waals surface area contributed by atoms with Gasteiger partial charge >= 0.3 is 5.97 Å². The van der Waals surface area contributed by atoms with Gasteiger partial charge in [0.25, 0.3) is 0 Å². The summed E-state index contributed by atoms with van der Waals surface area (Å²) in [6.45, 7) is -0.0280. The van der Waals surface area contributed by atoms with Crippen LogP contribution in [-0.2, 0) is 11.3 Å². The van der Waals surface area contributed by atoms with Gasteiger partial charge in [-0.3, -0.25) is 4.79 Å². The van der Waals surface area contributed by atoms with Crippen molar-refractivity contribution in [3.8, 4) is 0 Å². The third kappa shape index (κ3) is 3.93. The molecule has 0 aliphatic carbocycles. The zero-order valence-electron chi connectivity index (χ0n) is 12.9. The molecule has 0 amide bonds. The number of carbonyl (C=O) groups excluding carboxylic acids is 2. The van der Waals surface area contributed by atoms with Crippen molar-refractivity contribution in [1.82, 2.24) is 0 Å². The molecule has 3 rings (SSSR count). The maximum Gasteiger partial charge on any atom is 0.339 e. The number of rotatable bonds is 5. The minimum atomic E-state index is -0.587. The van der Waals surface area contributed by atoms with Gasteiger partial charge in [-0.05, 0) is 23.6 Å². The van der Waals surface area contributed by atoms with Gasteiger partial charge in [0.2, 0.25) is 5.78 Å². The minimum Gasteiger partial charge on any atom is -0.457 e. The first-order valence-corrected chi connectivity index (χ1v) is 8.98. The van der Waals surface area contributed by atoms with Gasteiger partial charge in [-0.15, -0.1) is 11.3 Å². The highest BCUT2D eigenvalue weighted by Gasteiger charge is 2.20. The summed E-state index contributed by atoms with van der Waals surface area (Å²) in [5.41, 5.74) is 1.13. The molecule has 0 saturated heterocycles. The number of benzene rings is 2. The van der Waals surface area contributed by atoms with Gasteiger partial charge in [-0.1, -0.05) is 59.6 Å². The first-order chi connectivity index (χ1) is 12.1. The summed E-state index contributed by atoms with van der Waals surface area (Å²) < 4.78 is 5.33. The van der Waals surface area contributed by atoms with E-state index in [0.29, 0.717) is 26.0 Å². The molecule has 3 aromatic rings. The first kappa shape index (κ1) is 17.7. The van der Waals surface area contributed by atoms with Gasteiger partial charge < -0.3 is 4.74 Å². The maximum absolute atomic E-state index is 12.6. The average Bonchev–Trinajstić information content (AvgIpc) is 3.17. The lowest BCUT2D eigenvalue weighted by Gasteiger charge is -2.10. The predicted octanol–water partition coefficient (Wildman–Crippen LogP) is 5.64. The molecule has 25 heavy (non-hydrogen) atoms. The SMILES string of the molecule is O=C(OCc1cccc(Cl)c1Cl)c1ccccc1C(=O)c1cccs1. The van der Waals surface area contributed by atoms with Crippen LogP contribution in [-0.4, -0.2) is 11.8 Å². The highest BCUT2D eigenvalue weighted by Crippen LogP contribution is 2.26. The third-order valence-electron chi connectivity index (χ3n) is 3.53. The van der Waals surface area contributed by atoms with E-state index in [1.165, 1.54) is 11.3 Å². The fraction of sp³-hybridized carbons (Fsp3) is 0.0526. The topological polar surface area (TPSA) is 43.4 Å². The molecule has 0 saturated carbocycles. The molecule has 6 heteroatoms. The van der Waals surface area contributed by atoms with Gasteiger partial charge in [0.05, 0.1) is 20.5 Å². The van der Waals surface area contributed by atoms with E-state index >= 15 is 0 Å². The summed E-state index contributed by atoms with van der Waals surface area (Å²) in [6, 6.07) is 15.2. The largest absolute Gasteiger partial charge is 0.457 e. The number of ketones is 1. The summed E-state index contributed by atoms with van der Waals surface area (Å²) in [5, 5.41) is 2.55. The predicted molar refractivity (Wildman–Crippen MR) is 99.8 cm³/mol. The number of thiophene rings is 1. The van der Waals surface area contributed by atoms with E-state index in [1.54, 1.807) is 54.6 Å². The quantitative estimate of drug-likeness (QED) is 0.417. The molecular weight excluding hydrogens is 379 g/mol. The Labute approximate surface area is 158 Å². The summed E-state index contributed by atoms with van der Waals surface area (Å²) in [5.74, 6) is -0.792. The normalized spacial score (nSPS) is 10.5. The number of esters is 1. The third-order valence-corrected chi connectivity index (χ3v) is 5.25. The number of hydrogen-bond donors (Lipinski definition) is 0. The molecule has 0 N–H and O–H groups in total. The molecule has 0 atom stereocenters. The molecule has 0 aliphatic rings. The highest BCUT2D eigenvalue weighted by atomic mass is 35.5. The Morgan fingerprint density at radius 2 is 1.68 bits per heavy atom. The fourth-order valence-electron chi connectivity index (χ4n) is 2.28. The summed E-state index contributed by atoms with van der Waals surface area (Å²) in [7, 11) is 0. The maximum atomic E-state index is 12.6. The Hall–Kier alpha value is -2.14. The van der Waals surface area contributed by atoms with Crippen LogP contribution in [0, 0.1) is 0 Å². The molecule has 0 fully saturated rings. The van der Waals surface area contributed by atoms with Crippen molar-refractivity contribution < 1.29 is 14.3 Å². The standard InChI is InChI=1S/C19H12Cl2O3S/c20-15-8-3-5-12(17(15)21)11-24-19(23)14-7-2-1-6-13(14)18(22)16-9-4-10-25-16/h1-10H,11H2. The second-order valence-electron chi connectivity index (χ2n) is 5.14. The van der Waals surface area contributed by atoms with Crippen molar-refractivity contribution in [2.24, 2.45) is 0 Å². The van der Waals surface area contributed by atoms with Gasteiger partial charge in [0, 0.05) is 11.1 Å². The van der Waals surface area contributed by atoms with Crippen LogP contribution in [0.2, 0.25) is 10.0 Å². The number of halogens is 2. The van der Waals surface area contributed by atoms with Crippen LogP contribution in [0.5, 0.6) is 0 Å².